The second-order valence-corrected chi connectivity index (χ2v) is 6.75. The third-order valence-electron chi connectivity index (χ3n) is 3.85. The maximum atomic E-state index is 10.8. The molecule has 0 saturated carbocycles. The number of esters is 1. The largest absolute Gasteiger partial charge is 0.461 e. The van der Waals surface area contributed by atoms with E-state index >= 15 is 0 Å². The van der Waals surface area contributed by atoms with Crippen molar-refractivity contribution in [3.05, 3.63) is 24.9 Å². The van der Waals surface area contributed by atoms with E-state index in [4.69, 9.17) is 4.74 Å². The molecule has 0 atom stereocenters. The van der Waals surface area contributed by atoms with E-state index < -0.39 is 0 Å². The van der Waals surface area contributed by atoms with Gasteiger partial charge in [0.1, 0.15) is 6.61 Å². The van der Waals surface area contributed by atoms with Gasteiger partial charge in [-0.2, -0.15) is 0 Å². The van der Waals surface area contributed by atoms with Gasteiger partial charge >= 0.3 is 5.97 Å². The quantitative estimate of drug-likeness (QED) is 0.583. The van der Waals surface area contributed by atoms with Gasteiger partial charge in [-0.25, -0.2) is 4.79 Å². The molecule has 0 aliphatic carbocycles. The smallest absolute Gasteiger partial charge is 0.333 e. The van der Waals surface area contributed by atoms with Gasteiger partial charge in [-0.1, -0.05) is 19.6 Å². The fourth-order valence-electron chi connectivity index (χ4n) is 2.21. The van der Waals surface area contributed by atoms with Gasteiger partial charge in [-0.15, -0.1) is 0 Å². The molecule has 7 nitrogen and oxygen atoms in total. The first kappa shape index (κ1) is 24.8. The third-order valence-corrected chi connectivity index (χ3v) is 3.85. The summed E-state index contributed by atoms with van der Waals surface area (Å²) in [5.41, 5.74) is 0.448. The summed E-state index contributed by atoms with van der Waals surface area (Å²) in [6.07, 6.45) is 7.46. The minimum absolute atomic E-state index is 0.208. The highest BCUT2D eigenvalue weighted by molar-refractivity contribution is 5.86. The number of hydrogen-bond acceptors (Lipinski definition) is 5. The molecule has 0 bridgehead atoms. The van der Waals surface area contributed by atoms with Crippen LogP contribution in [0.5, 0.6) is 0 Å². The summed E-state index contributed by atoms with van der Waals surface area (Å²) in [4.78, 5) is 35.6. The number of nitrogens with zero attached hydrogens (tertiary/aromatic N) is 2. The van der Waals surface area contributed by atoms with Crippen LogP contribution < -0.4 is 5.32 Å². The van der Waals surface area contributed by atoms with E-state index in [1.54, 1.807) is 18.0 Å². The number of carbonyl (C=O) groups excluding carboxylic acids is 3. The number of hydrogen-bond donors (Lipinski definition) is 1. The highest BCUT2D eigenvalue weighted by atomic mass is 16.5. The molecular formula is C20H35N3O4. The molecule has 0 spiro atoms. The normalized spacial score (nSPS) is 16.2. The Bertz CT molecular complexity index is 493. The van der Waals surface area contributed by atoms with Gasteiger partial charge in [0.15, 0.2) is 0 Å². The van der Waals surface area contributed by atoms with Crippen molar-refractivity contribution in [1.82, 2.24) is 15.1 Å². The van der Waals surface area contributed by atoms with E-state index in [9.17, 15) is 14.4 Å². The molecule has 2 aliphatic rings. The van der Waals surface area contributed by atoms with Gasteiger partial charge in [0.25, 0.3) is 0 Å². The third kappa shape index (κ3) is 13.7. The number of carbonyl (C=O) groups is 3. The lowest BCUT2D eigenvalue weighted by molar-refractivity contribution is -0.139. The van der Waals surface area contributed by atoms with E-state index in [-0.39, 0.29) is 17.8 Å². The lowest BCUT2D eigenvalue weighted by Gasteiger charge is -2.09. The molecule has 2 amide bonds. The molecule has 27 heavy (non-hydrogen) atoms. The molecule has 0 aromatic carbocycles. The van der Waals surface area contributed by atoms with E-state index in [0.29, 0.717) is 18.6 Å². The van der Waals surface area contributed by atoms with Crippen LogP contribution in [0.2, 0.25) is 0 Å². The van der Waals surface area contributed by atoms with Crippen molar-refractivity contribution in [3.63, 3.8) is 0 Å². The zero-order chi connectivity index (χ0) is 20.7. The van der Waals surface area contributed by atoms with Gasteiger partial charge in [0.05, 0.1) is 0 Å². The molecule has 0 aromatic heterocycles. The molecule has 0 aromatic rings. The van der Waals surface area contributed by atoms with E-state index in [0.717, 1.165) is 45.3 Å². The van der Waals surface area contributed by atoms with Crippen molar-refractivity contribution in [2.75, 3.05) is 40.3 Å². The van der Waals surface area contributed by atoms with Crippen molar-refractivity contribution in [3.8, 4) is 0 Å². The average Bonchev–Trinajstić information content (AvgIpc) is 2.88. The first-order valence-corrected chi connectivity index (χ1v) is 9.44. The molecule has 2 aliphatic heterocycles. The zero-order valence-electron chi connectivity index (χ0n) is 17.1. The van der Waals surface area contributed by atoms with Crippen molar-refractivity contribution in [2.24, 2.45) is 0 Å². The Morgan fingerprint density at radius 2 is 1.93 bits per heavy atom. The number of amides is 2. The van der Waals surface area contributed by atoms with E-state index in [1.165, 1.54) is 6.42 Å². The number of nitrogens with one attached hydrogen (secondary N) is 1. The minimum Gasteiger partial charge on any atom is -0.461 e. The monoisotopic (exact) mass is 381 g/mol. The SMILES string of the molecule is C=C(C)C(=O)OCCN(C)C.C=CN1CCCC1=O.O=C1CCCCCN1. The average molecular weight is 382 g/mol. The van der Waals surface area contributed by atoms with Crippen LogP contribution in [0.3, 0.4) is 0 Å². The first-order chi connectivity index (χ1) is 12.8. The van der Waals surface area contributed by atoms with Crippen LogP contribution in [-0.4, -0.2) is 67.9 Å². The maximum absolute atomic E-state index is 10.8. The predicted molar refractivity (Wildman–Crippen MR) is 107 cm³/mol. The van der Waals surface area contributed by atoms with Crippen LogP contribution in [0.4, 0.5) is 0 Å². The van der Waals surface area contributed by atoms with E-state index in [2.05, 4.69) is 18.5 Å². The summed E-state index contributed by atoms with van der Waals surface area (Å²) >= 11 is 0. The molecule has 2 heterocycles. The Morgan fingerprint density at radius 1 is 1.22 bits per heavy atom. The Hall–Kier alpha value is -2.15. The molecule has 0 unspecified atom stereocenters. The lowest BCUT2D eigenvalue weighted by atomic mass is 10.2. The van der Waals surface area contributed by atoms with Gasteiger partial charge in [0, 0.05) is 38.0 Å². The lowest BCUT2D eigenvalue weighted by Crippen LogP contribution is -2.21. The fraction of sp³-hybridized carbons (Fsp3) is 0.650. The molecule has 0 radical (unpaired) electrons. The molecule has 7 heteroatoms. The van der Waals surface area contributed by atoms with Gasteiger partial charge < -0.3 is 19.9 Å². The van der Waals surface area contributed by atoms with Crippen molar-refractivity contribution in [2.45, 2.75) is 45.4 Å². The fourth-order valence-corrected chi connectivity index (χ4v) is 2.21. The van der Waals surface area contributed by atoms with Crippen LogP contribution >= 0.6 is 0 Å². The Labute approximate surface area is 163 Å². The standard InChI is InChI=1S/C8H15NO2.C6H9NO.C6H11NO/c1-7(2)8(10)11-6-5-9(3)4;1-2-7-5-3-4-6(7)8;8-6-4-2-1-3-5-7-6/h1,5-6H2,2-4H3;2H,1,3-5H2;1-5H2,(H,7,8). The predicted octanol–water partition coefficient (Wildman–Crippen LogP) is 2.10. The highest BCUT2D eigenvalue weighted by Crippen LogP contribution is 2.08. The second-order valence-electron chi connectivity index (χ2n) is 6.75. The van der Waals surface area contributed by atoms with Crippen LogP contribution in [0, 0.1) is 0 Å². The molecule has 1 N–H and O–H groups in total. The van der Waals surface area contributed by atoms with Crippen molar-refractivity contribution >= 4 is 17.8 Å². The van der Waals surface area contributed by atoms with Crippen LogP contribution in [-0.2, 0) is 19.1 Å². The maximum Gasteiger partial charge on any atom is 0.333 e. The molecular weight excluding hydrogens is 346 g/mol. The van der Waals surface area contributed by atoms with Crippen molar-refractivity contribution in [1.29, 1.82) is 0 Å². The summed E-state index contributed by atoms with van der Waals surface area (Å²) in [6, 6.07) is 0. The Kier molecular flexibility index (Phi) is 13.8. The first-order valence-electron chi connectivity index (χ1n) is 9.44. The van der Waals surface area contributed by atoms with Crippen LogP contribution in [0.25, 0.3) is 0 Å². The number of ether oxygens (including phenoxy) is 1. The summed E-state index contributed by atoms with van der Waals surface area (Å²) in [7, 11) is 3.85. The summed E-state index contributed by atoms with van der Waals surface area (Å²) < 4.78 is 4.83. The topological polar surface area (TPSA) is 79.0 Å². The molecule has 2 saturated heterocycles. The Balaban J connectivity index is 0.000000381. The van der Waals surface area contributed by atoms with E-state index in [1.807, 2.05) is 19.0 Å². The van der Waals surface area contributed by atoms with Gasteiger partial charge in [-0.3, -0.25) is 9.59 Å². The summed E-state index contributed by atoms with van der Waals surface area (Å²) in [5.74, 6) is 0.120. The van der Waals surface area contributed by atoms with Crippen LogP contribution in [0.1, 0.15) is 45.4 Å². The Morgan fingerprint density at radius 3 is 2.41 bits per heavy atom. The number of likely N-dealkylation sites (N-methyl/N-ethyl adjacent to an activating group) is 1. The summed E-state index contributed by atoms with van der Waals surface area (Å²) in [6.45, 7) is 11.5. The van der Waals surface area contributed by atoms with Crippen LogP contribution in [0.15, 0.2) is 24.9 Å². The second kappa shape index (κ2) is 15.0. The number of likely N-dealkylation sites (tertiary alicyclic amines) is 1. The van der Waals surface area contributed by atoms with Gasteiger partial charge in [0.2, 0.25) is 11.8 Å². The molecule has 2 rings (SSSR count). The zero-order valence-corrected chi connectivity index (χ0v) is 17.1. The van der Waals surface area contributed by atoms with Crippen molar-refractivity contribution < 1.29 is 19.1 Å². The van der Waals surface area contributed by atoms with Gasteiger partial charge in [-0.05, 0) is 46.5 Å². The highest BCUT2D eigenvalue weighted by Gasteiger charge is 2.16. The molecule has 154 valence electrons. The minimum atomic E-state index is -0.313. The molecule has 2 fully saturated rings. The summed E-state index contributed by atoms with van der Waals surface area (Å²) in [5, 5.41) is 2.81. The number of rotatable bonds is 5.